The van der Waals surface area contributed by atoms with Crippen molar-refractivity contribution in [3.63, 3.8) is 0 Å². The molecular weight excluding hydrogens is 126 g/mol. The van der Waals surface area contributed by atoms with Crippen LogP contribution in [0.5, 0.6) is 0 Å². The van der Waals surface area contributed by atoms with E-state index in [1.807, 2.05) is 0 Å². The van der Waals surface area contributed by atoms with Gasteiger partial charge < -0.3 is 5.48 Å². The van der Waals surface area contributed by atoms with Gasteiger partial charge in [-0.15, -0.1) is 0 Å². The van der Waals surface area contributed by atoms with Crippen molar-refractivity contribution in [1.82, 2.24) is 0 Å². The first kappa shape index (κ1) is 23.5. The van der Waals surface area contributed by atoms with Crippen LogP contribution in [0.3, 0.4) is 0 Å². The van der Waals surface area contributed by atoms with Crippen LogP contribution in [-0.4, -0.2) is 5.48 Å². The summed E-state index contributed by atoms with van der Waals surface area (Å²) in [5, 5.41) is 0. The molecule has 0 aromatic carbocycles. The zero-order chi connectivity index (χ0) is 3.58. The molecule has 0 aliphatic rings. The molecule has 0 atom stereocenters. The van der Waals surface area contributed by atoms with Crippen molar-refractivity contribution < 1.29 is 72.5 Å². The molecule has 0 heterocycles. The molecule has 7 heteroatoms. The van der Waals surface area contributed by atoms with Crippen LogP contribution < -0.4 is 45.1 Å². The molecule has 0 aliphatic carbocycles. The second-order valence-electron chi connectivity index (χ2n) is 0.250. The first-order valence-corrected chi connectivity index (χ1v) is 2.52. The van der Waals surface area contributed by atoms with Crippen molar-refractivity contribution in [1.29, 1.82) is 0 Å². The minimum absolute atomic E-state index is 0. The molecular formula is H2Li2O4Ti. The Morgan fingerprint density at radius 3 is 1.14 bits per heavy atom. The quantitative estimate of drug-likeness (QED) is 0.303. The third kappa shape index (κ3) is 93.9. The van der Waals surface area contributed by atoms with Gasteiger partial charge in [-0.2, -0.15) is 0 Å². The molecule has 2 N–H and O–H groups in total. The Balaban J connectivity index is -0.0000000150. The first-order valence-electron chi connectivity index (χ1n) is 0.612. The van der Waals surface area contributed by atoms with Gasteiger partial charge in [0.2, 0.25) is 0 Å². The molecule has 0 aromatic rings. The topological polar surface area (TPSA) is 94.7 Å². The third-order valence-corrected chi connectivity index (χ3v) is 0. The van der Waals surface area contributed by atoms with Crippen LogP contribution >= 0.6 is 0 Å². The molecule has 0 amide bonds. The fraction of sp³-hybridized carbons (Fsp3) is 0. The van der Waals surface area contributed by atoms with Crippen LogP contribution in [0.2, 0.25) is 0 Å². The Kier molecular flexibility index (Phi) is 52.5. The van der Waals surface area contributed by atoms with Gasteiger partial charge in [0.05, 0.1) is 0 Å². The van der Waals surface area contributed by atoms with E-state index in [4.69, 9.17) is 10.7 Å². The molecule has 0 aromatic heterocycles. The fourth-order valence-corrected chi connectivity index (χ4v) is 0. The number of hydrogen-bond donors (Lipinski definition) is 0. The van der Waals surface area contributed by atoms with Crippen molar-refractivity contribution in [3.8, 4) is 0 Å². The summed E-state index contributed by atoms with van der Waals surface area (Å²) in [7, 11) is 0. The van der Waals surface area contributed by atoms with E-state index in [0.29, 0.717) is 0 Å². The van der Waals surface area contributed by atoms with Gasteiger partial charge in [0, 0.05) is 0 Å². The fourth-order valence-electron chi connectivity index (χ4n) is 0. The van der Waals surface area contributed by atoms with E-state index < -0.39 is 18.6 Å². The van der Waals surface area contributed by atoms with E-state index in [-0.39, 0.29) is 43.2 Å². The van der Waals surface area contributed by atoms with Crippen molar-refractivity contribution in [2.45, 2.75) is 0 Å². The summed E-state index contributed by atoms with van der Waals surface area (Å²) >= 11 is -4.08. The number of rotatable bonds is 0. The van der Waals surface area contributed by atoms with Crippen LogP contribution in [-0.2, 0) is 21.9 Å². The normalized spacial score (nSPS) is 3.71. The third-order valence-electron chi connectivity index (χ3n) is 0. The molecule has 0 spiro atoms. The average Bonchev–Trinajstić information content (AvgIpc) is 0.811. The summed E-state index contributed by atoms with van der Waals surface area (Å²) < 4.78 is 25.8. The van der Waals surface area contributed by atoms with Crippen LogP contribution in [0.4, 0.5) is 0 Å². The van der Waals surface area contributed by atoms with E-state index in [2.05, 4.69) is 0 Å². The van der Waals surface area contributed by atoms with Gasteiger partial charge in [-0.25, -0.2) is 0 Å². The molecule has 0 saturated heterocycles. The molecule has 0 radical (unpaired) electrons. The summed E-state index contributed by atoms with van der Waals surface area (Å²) in [6.07, 6.45) is 0. The Morgan fingerprint density at radius 2 is 1.14 bits per heavy atom. The maximum atomic E-state index is 8.58. The molecule has 0 bridgehead atoms. The summed E-state index contributed by atoms with van der Waals surface area (Å²) in [6.45, 7) is 0. The molecule has 32 valence electrons. The summed E-state index contributed by atoms with van der Waals surface area (Å²) in [4.78, 5) is 0. The van der Waals surface area contributed by atoms with E-state index in [9.17, 15) is 0 Å². The van der Waals surface area contributed by atoms with E-state index in [1.54, 1.807) is 0 Å². The van der Waals surface area contributed by atoms with Crippen molar-refractivity contribution in [2.24, 2.45) is 0 Å². The molecule has 0 saturated carbocycles. The van der Waals surface area contributed by atoms with Gasteiger partial charge in [0.15, 0.2) is 0 Å². The Morgan fingerprint density at radius 1 is 1.14 bits per heavy atom. The molecule has 7 heavy (non-hydrogen) atoms. The second-order valence-corrected chi connectivity index (χ2v) is 1.03. The predicted octanol–water partition coefficient (Wildman–Crippen LogP) is -9.32. The van der Waals surface area contributed by atoms with Crippen LogP contribution in [0, 0.1) is 0 Å². The summed E-state index contributed by atoms with van der Waals surface area (Å²) in [5.74, 6) is 0. The van der Waals surface area contributed by atoms with Crippen LogP contribution in [0.15, 0.2) is 0 Å². The van der Waals surface area contributed by atoms with E-state index in [1.165, 1.54) is 0 Å². The van der Waals surface area contributed by atoms with Gasteiger partial charge in [0.25, 0.3) is 0 Å². The second kappa shape index (κ2) is 15.6. The Hall–Kier alpha value is 1.59. The Labute approximate surface area is 72.1 Å². The van der Waals surface area contributed by atoms with Gasteiger partial charge in [0.1, 0.15) is 0 Å². The number of hydrogen-bond acceptors (Lipinski definition) is 3. The van der Waals surface area contributed by atoms with Gasteiger partial charge in [-0.05, 0) is 0 Å². The molecule has 0 aliphatic heterocycles. The maximum absolute atomic E-state index is 8.58. The van der Waals surface area contributed by atoms with Gasteiger partial charge in [-0.1, -0.05) is 0 Å². The minimum atomic E-state index is -4.08. The zero-order valence-corrected chi connectivity index (χ0v) is 5.79. The van der Waals surface area contributed by atoms with E-state index >= 15 is 0 Å². The summed E-state index contributed by atoms with van der Waals surface area (Å²) in [5.41, 5.74) is 0. The molecule has 0 unspecified atom stereocenters. The van der Waals surface area contributed by atoms with Crippen LogP contribution in [0.25, 0.3) is 0 Å². The molecule has 4 nitrogen and oxygen atoms in total. The van der Waals surface area contributed by atoms with E-state index in [0.717, 1.165) is 0 Å². The SMILES string of the molecule is O.[Li+].[Li+].[O]=[Ti]([O-])[O-]. The van der Waals surface area contributed by atoms with Gasteiger partial charge in [-0.3, -0.25) is 0 Å². The van der Waals surface area contributed by atoms with Crippen molar-refractivity contribution in [2.75, 3.05) is 0 Å². The predicted molar refractivity (Wildman–Crippen MR) is 4.30 cm³/mol. The monoisotopic (exact) mass is 128 g/mol. The summed E-state index contributed by atoms with van der Waals surface area (Å²) in [6, 6.07) is 0. The molecule has 0 rings (SSSR count). The first-order chi connectivity index (χ1) is 1.73. The van der Waals surface area contributed by atoms with Crippen molar-refractivity contribution in [3.05, 3.63) is 0 Å². The Bertz CT molecular complexity index is 32.7. The molecule has 0 fully saturated rings. The zero-order valence-electron chi connectivity index (χ0n) is 4.22. The van der Waals surface area contributed by atoms with Crippen LogP contribution in [0.1, 0.15) is 0 Å². The average molecular weight is 128 g/mol. The standard InChI is InChI=1S/2Li.H2O.3O.Ti/h;;1H2;;;;/q2*+1;;;2*-1;. The van der Waals surface area contributed by atoms with Gasteiger partial charge >= 0.3 is 67.0 Å². The van der Waals surface area contributed by atoms with Crippen molar-refractivity contribution >= 4 is 0 Å².